The molecule has 0 aliphatic heterocycles. The van der Waals surface area contributed by atoms with Crippen LogP contribution in [0.5, 0.6) is 0 Å². The summed E-state index contributed by atoms with van der Waals surface area (Å²) >= 11 is 0. The molecule has 0 heterocycles. The van der Waals surface area contributed by atoms with E-state index in [9.17, 15) is 0 Å². The molecule has 0 aromatic heterocycles. The van der Waals surface area contributed by atoms with Gasteiger partial charge in [0.15, 0.2) is 0 Å². The third-order valence-electron chi connectivity index (χ3n) is 3.51. The van der Waals surface area contributed by atoms with Crippen LogP contribution in [0.1, 0.15) is 50.3 Å². The van der Waals surface area contributed by atoms with E-state index in [1.165, 1.54) is 36.8 Å². The first kappa shape index (κ1) is 11.4. The summed E-state index contributed by atoms with van der Waals surface area (Å²) in [5, 5.41) is 0. The molecule has 0 N–H and O–H groups in total. The van der Waals surface area contributed by atoms with Gasteiger partial charge in [-0.15, -0.1) is 0 Å². The van der Waals surface area contributed by atoms with Crippen molar-refractivity contribution in [3.05, 3.63) is 40.5 Å². The zero-order valence-corrected chi connectivity index (χ0v) is 10.7. The number of aryl methyl sites for hydroxylation is 2. The molecular formula is C16H22. The molecule has 0 unspecified atom stereocenters. The van der Waals surface area contributed by atoms with Crippen LogP contribution in [0.4, 0.5) is 0 Å². The van der Waals surface area contributed by atoms with Crippen molar-refractivity contribution in [3.8, 4) is 0 Å². The standard InChI is InChI=1S/C16H22/c1-4-5-13-6-7-16-11-14(12(2)3)8-9-15(16)10-13/h6-7,10-12H,4-5,8-9H2,1-3H3. The number of allylic oxidation sites excluding steroid dienone is 1. The normalized spacial score (nSPS) is 14.9. The largest absolute Gasteiger partial charge is 0.0667 e. The highest BCUT2D eigenvalue weighted by molar-refractivity contribution is 5.60. The summed E-state index contributed by atoms with van der Waals surface area (Å²) in [6.45, 7) is 6.83. The van der Waals surface area contributed by atoms with E-state index in [-0.39, 0.29) is 0 Å². The molecule has 0 atom stereocenters. The van der Waals surface area contributed by atoms with E-state index in [0.29, 0.717) is 5.92 Å². The lowest BCUT2D eigenvalue weighted by Gasteiger charge is -2.19. The van der Waals surface area contributed by atoms with Crippen molar-refractivity contribution in [1.29, 1.82) is 0 Å². The van der Waals surface area contributed by atoms with Crippen LogP contribution in [0.15, 0.2) is 23.8 Å². The fourth-order valence-corrected chi connectivity index (χ4v) is 2.47. The Morgan fingerprint density at radius 1 is 1.19 bits per heavy atom. The number of hydrogen-bond acceptors (Lipinski definition) is 0. The average molecular weight is 214 g/mol. The molecule has 0 spiro atoms. The Morgan fingerprint density at radius 2 is 2.00 bits per heavy atom. The van der Waals surface area contributed by atoms with Gasteiger partial charge < -0.3 is 0 Å². The summed E-state index contributed by atoms with van der Waals surface area (Å²) in [7, 11) is 0. The molecular weight excluding hydrogens is 192 g/mol. The molecule has 0 fully saturated rings. The van der Waals surface area contributed by atoms with Crippen LogP contribution in [0.2, 0.25) is 0 Å². The Bertz CT molecular complexity index is 396. The number of benzene rings is 1. The molecule has 0 radical (unpaired) electrons. The highest BCUT2D eigenvalue weighted by atomic mass is 14.2. The topological polar surface area (TPSA) is 0 Å². The van der Waals surface area contributed by atoms with Crippen LogP contribution in [0, 0.1) is 5.92 Å². The summed E-state index contributed by atoms with van der Waals surface area (Å²) in [6, 6.07) is 7.01. The zero-order valence-electron chi connectivity index (χ0n) is 10.7. The second-order valence-electron chi connectivity index (χ2n) is 5.16. The van der Waals surface area contributed by atoms with Crippen LogP contribution in [-0.4, -0.2) is 0 Å². The summed E-state index contributed by atoms with van der Waals surface area (Å²) < 4.78 is 0. The van der Waals surface area contributed by atoms with E-state index in [1.54, 1.807) is 11.1 Å². The molecule has 0 saturated carbocycles. The first-order valence-corrected chi connectivity index (χ1v) is 6.53. The quantitative estimate of drug-likeness (QED) is 0.688. The second-order valence-corrected chi connectivity index (χ2v) is 5.16. The van der Waals surface area contributed by atoms with Crippen molar-refractivity contribution in [3.63, 3.8) is 0 Å². The van der Waals surface area contributed by atoms with Crippen molar-refractivity contribution in [1.82, 2.24) is 0 Å². The third kappa shape index (κ3) is 2.37. The maximum Gasteiger partial charge on any atom is -0.0225 e. The van der Waals surface area contributed by atoms with Crippen molar-refractivity contribution >= 4 is 6.08 Å². The highest BCUT2D eigenvalue weighted by Crippen LogP contribution is 2.28. The van der Waals surface area contributed by atoms with Crippen LogP contribution < -0.4 is 0 Å². The molecule has 0 bridgehead atoms. The number of hydrogen-bond donors (Lipinski definition) is 0. The lowest BCUT2D eigenvalue weighted by molar-refractivity contribution is 0.709. The van der Waals surface area contributed by atoms with Crippen molar-refractivity contribution < 1.29 is 0 Å². The lowest BCUT2D eigenvalue weighted by atomic mass is 9.86. The van der Waals surface area contributed by atoms with E-state index in [2.05, 4.69) is 45.0 Å². The molecule has 0 heteroatoms. The molecule has 86 valence electrons. The highest BCUT2D eigenvalue weighted by Gasteiger charge is 2.12. The van der Waals surface area contributed by atoms with Gasteiger partial charge in [-0.3, -0.25) is 0 Å². The minimum Gasteiger partial charge on any atom is -0.0667 e. The molecule has 0 nitrogen and oxygen atoms in total. The first-order valence-electron chi connectivity index (χ1n) is 6.53. The Balaban J connectivity index is 2.28. The Hall–Kier alpha value is -1.04. The van der Waals surface area contributed by atoms with Gasteiger partial charge in [0.1, 0.15) is 0 Å². The van der Waals surface area contributed by atoms with Gasteiger partial charge in [-0.2, -0.15) is 0 Å². The second kappa shape index (κ2) is 4.86. The van der Waals surface area contributed by atoms with Gasteiger partial charge in [-0.05, 0) is 41.9 Å². The molecule has 16 heavy (non-hydrogen) atoms. The summed E-state index contributed by atoms with van der Waals surface area (Å²) in [5.41, 5.74) is 6.11. The lowest BCUT2D eigenvalue weighted by Crippen LogP contribution is -2.04. The molecule has 1 aliphatic carbocycles. The van der Waals surface area contributed by atoms with Gasteiger partial charge in [0.2, 0.25) is 0 Å². The van der Waals surface area contributed by atoms with E-state index < -0.39 is 0 Å². The first-order chi connectivity index (χ1) is 7.70. The molecule has 1 aromatic carbocycles. The van der Waals surface area contributed by atoms with E-state index >= 15 is 0 Å². The molecule has 0 saturated heterocycles. The Labute approximate surface area is 99.4 Å². The molecule has 1 aromatic rings. The predicted octanol–water partition coefficient (Wildman–Crippen LogP) is 4.62. The van der Waals surface area contributed by atoms with Crippen molar-refractivity contribution in [2.24, 2.45) is 5.92 Å². The van der Waals surface area contributed by atoms with Gasteiger partial charge in [0.25, 0.3) is 0 Å². The summed E-state index contributed by atoms with van der Waals surface area (Å²) in [5.74, 6) is 0.698. The van der Waals surface area contributed by atoms with Crippen LogP contribution in [-0.2, 0) is 12.8 Å². The molecule has 2 rings (SSSR count). The summed E-state index contributed by atoms with van der Waals surface area (Å²) in [4.78, 5) is 0. The van der Waals surface area contributed by atoms with Crippen LogP contribution >= 0.6 is 0 Å². The van der Waals surface area contributed by atoms with Crippen molar-refractivity contribution in [2.75, 3.05) is 0 Å². The smallest absolute Gasteiger partial charge is 0.0225 e. The van der Waals surface area contributed by atoms with Gasteiger partial charge in [-0.1, -0.05) is 57.0 Å². The van der Waals surface area contributed by atoms with Gasteiger partial charge in [-0.25, -0.2) is 0 Å². The van der Waals surface area contributed by atoms with E-state index in [1.807, 2.05) is 0 Å². The molecule has 1 aliphatic rings. The molecule has 0 amide bonds. The van der Waals surface area contributed by atoms with Crippen LogP contribution in [0.3, 0.4) is 0 Å². The maximum absolute atomic E-state index is 2.41. The monoisotopic (exact) mass is 214 g/mol. The SMILES string of the molecule is CCCc1ccc2c(c1)CCC(C(C)C)=C2. The van der Waals surface area contributed by atoms with E-state index in [0.717, 1.165) is 0 Å². The van der Waals surface area contributed by atoms with Crippen LogP contribution in [0.25, 0.3) is 6.08 Å². The minimum absolute atomic E-state index is 0.698. The number of rotatable bonds is 3. The Morgan fingerprint density at radius 3 is 2.69 bits per heavy atom. The zero-order chi connectivity index (χ0) is 11.5. The summed E-state index contributed by atoms with van der Waals surface area (Å²) in [6.07, 6.45) is 7.34. The fourth-order valence-electron chi connectivity index (χ4n) is 2.47. The van der Waals surface area contributed by atoms with E-state index in [4.69, 9.17) is 0 Å². The van der Waals surface area contributed by atoms with Gasteiger partial charge in [0.05, 0.1) is 0 Å². The van der Waals surface area contributed by atoms with Gasteiger partial charge >= 0.3 is 0 Å². The third-order valence-corrected chi connectivity index (χ3v) is 3.51. The van der Waals surface area contributed by atoms with Crippen molar-refractivity contribution in [2.45, 2.75) is 46.5 Å². The Kier molecular flexibility index (Phi) is 3.48. The maximum atomic E-state index is 2.41. The fraction of sp³-hybridized carbons (Fsp3) is 0.500. The number of fused-ring (bicyclic) bond motifs is 1. The average Bonchev–Trinajstić information content (AvgIpc) is 2.28. The predicted molar refractivity (Wildman–Crippen MR) is 71.6 cm³/mol. The van der Waals surface area contributed by atoms with Gasteiger partial charge in [0, 0.05) is 0 Å². The minimum atomic E-state index is 0.698.